The zero-order chi connectivity index (χ0) is 22.8. The first-order valence-electron chi connectivity index (χ1n) is 9.73. The summed E-state index contributed by atoms with van der Waals surface area (Å²) in [7, 11) is 0. The molecule has 0 amide bonds. The van der Waals surface area contributed by atoms with Crippen LogP contribution in [0, 0.1) is 17.5 Å². The summed E-state index contributed by atoms with van der Waals surface area (Å²) in [5.74, 6) is -2.35. The van der Waals surface area contributed by atoms with E-state index in [1.807, 2.05) is 0 Å². The third-order valence-corrected chi connectivity index (χ3v) is 7.74. The van der Waals surface area contributed by atoms with Crippen molar-refractivity contribution < 1.29 is 33.2 Å². The Morgan fingerprint density at radius 1 is 1.03 bits per heavy atom. The topological polar surface area (TPSA) is 101 Å². The van der Waals surface area contributed by atoms with Crippen LogP contribution in [0.1, 0.15) is 11.6 Å². The van der Waals surface area contributed by atoms with Crippen molar-refractivity contribution in [2.45, 2.75) is 34.7 Å². The molecule has 0 saturated carbocycles. The van der Waals surface area contributed by atoms with Crippen molar-refractivity contribution in [3.8, 4) is 11.3 Å². The van der Waals surface area contributed by atoms with Gasteiger partial charge < -0.3 is 0 Å². The number of aliphatic hydroxyl groups is 3. The van der Waals surface area contributed by atoms with Crippen LogP contribution in [0.3, 0.4) is 0 Å². The van der Waals surface area contributed by atoms with E-state index < -0.39 is 68.4 Å². The van der Waals surface area contributed by atoms with Crippen LogP contribution in [0.5, 0.6) is 0 Å². The Labute approximate surface area is 187 Å². The number of hydrogen-bond donors (Lipinski definition) is 3. The van der Waals surface area contributed by atoms with Crippen molar-refractivity contribution >= 4 is 15.0 Å². The quantitative estimate of drug-likeness (QED) is 0.429. The van der Waals surface area contributed by atoms with Gasteiger partial charge in [0.25, 0.3) is 0 Å². The van der Waals surface area contributed by atoms with E-state index >= 15 is 0 Å². The Kier molecular flexibility index (Phi) is 6.94. The second kappa shape index (κ2) is 9.70. The first-order chi connectivity index (χ1) is 15.4. The molecule has 0 bridgehead atoms. The van der Waals surface area contributed by atoms with Crippen molar-refractivity contribution in [1.29, 1.82) is 0 Å². The Morgan fingerprint density at radius 2 is 1.84 bits per heavy atom. The second-order valence-corrected chi connectivity index (χ2v) is 9.63. The van der Waals surface area contributed by atoms with E-state index in [2.05, 4.69) is 10.3 Å². The van der Waals surface area contributed by atoms with Crippen molar-refractivity contribution in [1.82, 2.24) is 15.0 Å². The third-order valence-electron chi connectivity index (χ3n) is 5.18. The zero-order valence-corrected chi connectivity index (χ0v) is 18.3. The summed E-state index contributed by atoms with van der Waals surface area (Å²) in [5.41, 5.74) is 1.36. The number of aliphatic hydroxyl groups excluding tert-OH is 3. The van der Waals surface area contributed by atoms with Gasteiger partial charge in [0.05, 0.1) is 0 Å². The molecule has 7 nitrogen and oxygen atoms in total. The van der Waals surface area contributed by atoms with Crippen LogP contribution >= 0.6 is 0 Å². The summed E-state index contributed by atoms with van der Waals surface area (Å²) in [6, 6.07) is 8.36. The van der Waals surface area contributed by atoms with Gasteiger partial charge in [-0.05, 0) is 0 Å². The van der Waals surface area contributed by atoms with E-state index in [9.17, 15) is 28.5 Å². The molecule has 4 rings (SSSR count). The summed E-state index contributed by atoms with van der Waals surface area (Å²) in [5, 5.41) is 38.8. The Hall–Kier alpha value is -2.27. The van der Waals surface area contributed by atoms with Gasteiger partial charge in [0.15, 0.2) is 0 Å². The summed E-state index contributed by atoms with van der Waals surface area (Å²) >= 11 is -0.443. The zero-order valence-electron chi connectivity index (χ0n) is 16.6. The van der Waals surface area contributed by atoms with Gasteiger partial charge in [-0.3, -0.25) is 0 Å². The molecule has 1 aliphatic rings. The van der Waals surface area contributed by atoms with Crippen molar-refractivity contribution in [3.63, 3.8) is 0 Å². The number of halogens is 3. The molecule has 3 aromatic rings. The molecule has 5 atom stereocenters. The van der Waals surface area contributed by atoms with Gasteiger partial charge in [0, 0.05) is 0 Å². The summed E-state index contributed by atoms with van der Waals surface area (Å²) < 4.78 is 47.1. The maximum absolute atomic E-state index is 13.5. The predicted molar refractivity (Wildman–Crippen MR) is 108 cm³/mol. The van der Waals surface area contributed by atoms with Gasteiger partial charge in [-0.2, -0.15) is 0 Å². The van der Waals surface area contributed by atoms with Crippen molar-refractivity contribution in [2.75, 3.05) is 6.61 Å². The van der Waals surface area contributed by atoms with Crippen LogP contribution < -0.4 is 0 Å². The van der Waals surface area contributed by atoms with Gasteiger partial charge in [-0.25, -0.2) is 0 Å². The fourth-order valence-corrected chi connectivity index (χ4v) is 5.87. The van der Waals surface area contributed by atoms with E-state index in [0.29, 0.717) is 22.1 Å². The van der Waals surface area contributed by atoms with Crippen LogP contribution in [0.2, 0.25) is 0 Å². The minimum atomic E-state index is -1.28. The number of benzene rings is 2. The fraction of sp³-hybridized carbons (Fsp3) is 0.333. The van der Waals surface area contributed by atoms with Gasteiger partial charge >= 0.3 is 187 Å². The molecular formula is C21H20F3N3O4Se. The first-order valence-corrected chi connectivity index (χ1v) is 11.9. The van der Waals surface area contributed by atoms with E-state index in [0.717, 1.165) is 12.1 Å². The predicted octanol–water partition coefficient (Wildman–Crippen LogP) is 1.25. The number of ether oxygens (including phenoxy) is 1. The monoisotopic (exact) mass is 515 g/mol. The SMILES string of the molecule is OC[C@H]1O[C@@H]([Se]Cc2ccc(F)c(F)c2)[C@H](O)[C@@H](n2cc(-c3cccc(F)c3)nn2)[C@H]1O. The van der Waals surface area contributed by atoms with Crippen LogP contribution in [0.4, 0.5) is 13.2 Å². The molecule has 32 heavy (non-hydrogen) atoms. The van der Waals surface area contributed by atoms with Gasteiger partial charge in [0.1, 0.15) is 0 Å². The van der Waals surface area contributed by atoms with Crippen LogP contribution in [0.25, 0.3) is 11.3 Å². The number of hydrogen-bond acceptors (Lipinski definition) is 6. The molecule has 1 aromatic heterocycles. The second-order valence-electron chi connectivity index (χ2n) is 7.35. The average molecular weight is 514 g/mol. The molecule has 1 saturated heterocycles. The molecular weight excluding hydrogens is 494 g/mol. The molecule has 2 heterocycles. The first kappa shape index (κ1) is 22.9. The van der Waals surface area contributed by atoms with E-state index in [1.165, 1.54) is 35.1 Å². The Bertz CT molecular complexity index is 1090. The number of aromatic nitrogens is 3. The molecule has 0 unspecified atom stereocenters. The van der Waals surface area contributed by atoms with Gasteiger partial charge in [-0.15, -0.1) is 0 Å². The van der Waals surface area contributed by atoms with E-state index in [1.54, 1.807) is 6.07 Å². The molecule has 3 N–H and O–H groups in total. The average Bonchev–Trinajstić information content (AvgIpc) is 3.25. The Balaban J connectivity index is 1.55. The van der Waals surface area contributed by atoms with Gasteiger partial charge in [-0.1, -0.05) is 0 Å². The molecule has 1 fully saturated rings. The molecule has 1 aliphatic heterocycles. The summed E-state index contributed by atoms with van der Waals surface area (Å²) in [4.78, 5) is 0. The molecule has 0 radical (unpaired) electrons. The van der Waals surface area contributed by atoms with Crippen molar-refractivity contribution in [3.05, 3.63) is 71.7 Å². The molecule has 170 valence electrons. The summed E-state index contributed by atoms with van der Waals surface area (Å²) in [6.07, 6.45) is -2.00. The number of rotatable bonds is 6. The van der Waals surface area contributed by atoms with Crippen molar-refractivity contribution in [2.24, 2.45) is 0 Å². The van der Waals surface area contributed by atoms with Gasteiger partial charge in [0.2, 0.25) is 0 Å². The molecule has 0 spiro atoms. The standard InChI is InChI=1S/C21H20F3N3O4Se/c22-13-3-1-2-12(7-13)16-8-27(26-25-16)18-19(29)17(9-28)31-21(20(18)30)32-10-11-4-5-14(23)15(24)6-11/h1-8,17-21,28-30H,9-10H2/t17-,18+,19+,20-,21+/m1/s1. The fourth-order valence-electron chi connectivity index (χ4n) is 3.53. The van der Waals surface area contributed by atoms with E-state index in [-0.39, 0.29) is 0 Å². The molecule has 11 heteroatoms. The molecule has 0 aliphatic carbocycles. The maximum atomic E-state index is 13.5. The van der Waals surface area contributed by atoms with Crippen LogP contribution in [-0.2, 0) is 10.1 Å². The third kappa shape index (κ3) is 4.73. The number of nitrogens with zero attached hydrogens (tertiary/aromatic N) is 3. The minimum absolute atomic E-state index is 0.332. The summed E-state index contributed by atoms with van der Waals surface area (Å²) in [6.45, 7) is -0.492. The Morgan fingerprint density at radius 3 is 2.56 bits per heavy atom. The van der Waals surface area contributed by atoms with Crippen LogP contribution in [-0.4, -0.2) is 75.2 Å². The van der Waals surface area contributed by atoms with E-state index in [4.69, 9.17) is 4.74 Å². The normalized spacial score (nSPS) is 25.8. The van der Waals surface area contributed by atoms with Crippen LogP contribution in [0.15, 0.2) is 48.7 Å². The molecule has 2 aromatic carbocycles.